The number of nitrogens with zero attached hydrogens (tertiary/aromatic N) is 1. The maximum atomic E-state index is 13.0. The quantitative estimate of drug-likeness (QED) is 0.178. The van der Waals surface area contributed by atoms with E-state index in [1.165, 1.54) is 32.4 Å². The van der Waals surface area contributed by atoms with Crippen LogP contribution in [0.25, 0.3) is 10.9 Å². The molecule has 228 valence electrons. The molecule has 0 spiro atoms. The number of benzene rings is 3. The van der Waals surface area contributed by atoms with E-state index in [2.05, 4.69) is 23.9 Å². The minimum atomic E-state index is -4.04. The summed E-state index contributed by atoms with van der Waals surface area (Å²) in [6, 6.07) is 17.1. The Morgan fingerprint density at radius 2 is 1.67 bits per heavy atom. The summed E-state index contributed by atoms with van der Waals surface area (Å²) in [5.74, 6) is 0.0525. The molecule has 4 aromatic rings. The van der Waals surface area contributed by atoms with Gasteiger partial charge in [0.1, 0.15) is 5.75 Å². The standard InChI is InChI=1S/C34H41N3O5S/c1-6-7-8-11-23(2)21-35-33(38)26-16-17-30-29(19-26)28(22-37(30)4)18-25-14-15-27(20-31(25)42-5)34(39)36-43(40,41)32-13-10-9-12-24(32)3/h9-10,12-17,19-20,22-23H,6-8,11,18,21H2,1-5H3,(H,35,38)(H,36,39). The lowest BCUT2D eigenvalue weighted by atomic mass is 10.00. The van der Waals surface area contributed by atoms with E-state index in [0.29, 0.717) is 35.8 Å². The van der Waals surface area contributed by atoms with Gasteiger partial charge < -0.3 is 14.6 Å². The van der Waals surface area contributed by atoms with Crippen LogP contribution in [0.5, 0.6) is 5.75 Å². The van der Waals surface area contributed by atoms with Crippen LogP contribution in [0.15, 0.2) is 71.8 Å². The number of sulfonamides is 1. The fraction of sp³-hybridized carbons (Fsp3) is 0.353. The van der Waals surface area contributed by atoms with E-state index < -0.39 is 15.9 Å². The lowest BCUT2D eigenvalue weighted by Gasteiger charge is -2.13. The highest BCUT2D eigenvalue weighted by molar-refractivity contribution is 7.90. The molecule has 0 aliphatic rings. The number of aromatic nitrogens is 1. The molecule has 0 saturated heterocycles. The molecule has 0 radical (unpaired) electrons. The fourth-order valence-electron chi connectivity index (χ4n) is 5.30. The summed E-state index contributed by atoms with van der Waals surface area (Å²) in [4.78, 5) is 26.0. The third-order valence-electron chi connectivity index (χ3n) is 7.79. The van der Waals surface area contributed by atoms with Crippen molar-refractivity contribution in [3.63, 3.8) is 0 Å². The summed E-state index contributed by atoms with van der Waals surface area (Å²) in [5, 5.41) is 4.04. The molecule has 8 nitrogen and oxygen atoms in total. The number of unbranched alkanes of at least 4 members (excludes halogenated alkanes) is 2. The lowest BCUT2D eigenvalue weighted by molar-refractivity contribution is 0.0945. The van der Waals surface area contributed by atoms with Gasteiger partial charge in [0.2, 0.25) is 0 Å². The summed E-state index contributed by atoms with van der Waals surface area (Å²) in [5.41, 5.74) is 4.13. The average Bonchev–Trinajstić information content (AvgIpc) is 3.30. The van der Waals surface area contributed by atoms with Crippen molar-refractivity contribution in [2.75, 3.05) is 13.7 Å². The van der Waals surface area contributed by atoms with Crippen molar-refractivity contribution in [2.45, 2.75) is 57.8 Å². The number of rotatable bonds is 13. The molecular formula is C34H41N3O5S. The first-order chi connectivity index (χ1) is 20.5. The normalized spacial score (nSPS) is 12.2. The zero-order chi connectivity index (χ0) is 31.1. The summed E-state index contributed by atoms with van der Waals surface area (Å²) in [6.45, 7) is 6.68. The van der Waals surface area contributed by atoms with Gasteiger partial charge in [-0.1, -0.05) is 57.4 Å². The Balaban J connectivity index is 1.52. The Bertz CT molecular complexity index is 1730. The fourth-order valence-corrected chi connectivity index (χ4v) is 6.52. The molecular weight excluding hydrogens is 562 g/mol. The van der Waals surface area contributed by atoms with Crippen LogP contribution in [0.1, 0.15) is 76.9 Å². The number of carbonyl (C=O) groups excluding carboxylic acids is 2. The van der Waals surface area contributed by atoms with Crippen LogP contribution in [0.4, 0.5) is 0 Å². The van der Waals surface area contributed by atoms with Gasteiger partial charge in [-0.15, -0.1) is 0 Å². The van der Waals surface area contributed by atoms with Crippen molar-refractivity contribution < 1.29 is 22.7 Å². The Morgan fingerprint density at radius 1 is 0.953 bits per heavy atom. The highest BCUT2D eigenvalue weighted by Crippen LogP contribution is 2.29. The Kier molecular flexibility index (Phi) is 10.3. The van der Waals surface area contributed by atoms with Gasteiger partial charge in [-0.05, 0) is 72.4 Å². The molecule has 2 N–H and O–H groups in total. The van der Waals surface area contributed by atoms with Crippen LogP contribution >= 0.6 is 0 Å². The zero-order valence-electron chi connectivity index (χ0n) is 25.6. The Labute approximate surface area is 254 Å². The van der Waals surface area contributed by atoms with Crippen LogP contribution in [-0.4, -0.2) is 38.5 Å². The van der Waals surface area contributed by atoms with E-state index in [9.17, 15) is 18.0 Å². The second kappa shape index (κ2) is 13.9. The summed E-state index contributed by atoms with van der Waals surface area (Å²) in [7, 11) is -0.565. The number of aryl methyl sites for hydroxylation is 2. The molecule has 1 aromatic heterocycles. The van der Waals surface area contributed by atoms with Gasteiger partial charge in [0, 0.05) is 48.2 Å². The van der Waals surface area contributed by atoms with Crippen molar-refractivity contribution in [1.82, 2.24) is 14.6 Å². The van der Waals surface area contributed by atoms with Crippen molar-refractivity contribution in [3.8, 4) is 5.75 Å². The van der Waals surface area contributed by atoms with Crippen LogP contribution in [0.3, 0.4) is 0 Å². The molecule has 3 aromatic carbocycles. The minimum Gasteiger partial charge on any atom is -0.496 e. The van der Waals surface area contributed by atoms with Gasteiger partial charge in [0.25, 0.3) is 21.8 Å². The van der Waals surface area contributed by atoms with Crippen LogP contribution < -0.4 is 14.8 Å². The summed E-state index contributed by atoms with van der Waals surface area (Å²) < 4.78 is 35.5. The van der Waals surface area contributed by atoms with E-state index in [1.807, 2.05) is 36.0 Å². The number of hydrogen-bond acceptors (Lipinski definition) is 5. The van der Waals surface area contributed by atoms with Crippen LogP contribution in [0, 0.1) is 12.8 Å². The third kappa shape index (κ3) is 7.65. The summed E-state index contributed by atoms with van der Waals surface area (Å²) >= 11 is 0. The second-order valence-corrected chi connectivity index (χ2v) is 12.9. The molecule has 1 atom stereocenters. The topological polar surface area (TPSA) is 106 Å². The third-order valence-corrected chi connectivity index (χ3v) is 9.28. The highest BCUT2D eigenvalue weighted by Gasteiger charge is 2.22. The molecule has 1 unspecified atom stereocenters. The lowest BCUT2D eigenvalue weighted by Crippen LogP contribution is -2.31. The average molecular weight is 604 g/mol. The molecule has 4 rings (SSSR count). The maximum Gasteiger partial charge on any atom is 0.265 e. The molecule has 0 saturated carbocycles. The molecule has 0 aliphatic carbocycles. The summed E-state index contributed by atoms with van der Waals surface area (Å²) in [6.07, 6.45) is 7.18. The molecule has 0 bridgehead atoms. The smallest absolute Gasteiger partial charge is 0.265 e. The Morgan fingerprint density at radius 3 is 2.40 bits per heavy atom. The highest BCUT2D eigenvalue weighted by atomic mass is 32.2. The van der Waals surface area contributed by atoms with Gasteiger partial charge >= 0.3 is 0 Å². The van der Waals surface area contributed by atoms with E-state index >= 15 is 0 Å². The van der Waals surface area contributed by atoms with Crippen molar-refractivity contribution >= 4 is 32.7 Å². The largest absolute Gasteiger partial charge is 0.496 e. The van der Waals surface area contributed by atoms with Crippen molar-refractivity contribution in [3.05, 3.63) is 94.7 Å². The van der Waals surface area contributed by atoms with E-state index in [1.54, 1.807) is 43.3 Å². The van der Waals surface area contributed by atoms with Crippen LogP contribution in [-0.2, 0) is 23.5 Å². The molecule has 2 amide bonds. The van der Waals surface area contributed by atoms with Crippen LogP contribution in [0.2, 0.25) is 0 Å². The SMILES string of the molecule is CCCCCC(C)CNC(=O)c1ccc2c(c1)c(Cc1ccc(C(=O)NS(=O)(=O)c3ccccc3C)cc1OC)cn2C. The van der Waals surface area contributed by atoms with Gasteiger partial charge in [0.15, 0.2) is 0 Å². The minimum absolute atomic E-state index is 0.0532. The number of nitrogens with one attached hydrogen (secondary N) is 2. The maximum absolute atomic E-state index is 13.0. The van der Waals surface area contributed by atoms with E-state index in [4.69, 9.17) is 4.74 Å². The first-order valence-electron chi connectivity index (χ1n) is 14.7. The molecule has 0 aliphatic heterocycles. The molecule has 0 fully saturated rings. The van der Waals surface area contributed by atoms with Gasteiger partial charge in [0.05, 0.1) is 12.0 Å². The van der Waals surface area contributed by atoms with E-state index in [0.717, 1.165) is 28.5 Å². The van der Waals surface area contributed by atoms with Gasteiger partial charge in [-0.2, -0.15) is 0 Å². The predicted molar refractivity (Wildman–Crippen MR) is 170 cm³/mol. The first kappa shape index (κ1) is 31.8. The Hall–Kier alpha value is -4.11. The van der Waals surface area contributed by atoms with Crippen molar-refractivity contribution in [2.24, 2.45) is 13.0 Å². The zero-order valence-corrected chi connectivity index (χ0v) is 26.4. The molecule has 9 heteroatoms. The number of amides is 2. The van der Waals surface area contributed by atoms with Gasteiger partial charge in [-0.25, -0.2) is 13.1 Å². The van der Waals surface area contributed by atoms with E-state index in [-0.39, 0.29) is 16.4 Å². The first-order valence-corrected chi connectivity index (χ1v) is 16.2. The number of fused-ring (bicyclic) bond motifs is 1. The molecule has 1 heterocycles. The van der Waals surface area contributed by atoms with Crippen molar-refractivity contribution in [1.29, 1.82) is 0 Å². The number of hydrogen-bond donors (Lipinski definition) is 2. The predicted octanol–water partition coefficient (Wildman–Crippen LogP) is 6.15. The monoisotopic (exact) mass is 603 g/mol. The molecule has 43 heavy (non-hydrogen) atoms. The number of carbonyl (C=O) groups is 2. The second-order valence-electron chi connectivity index (χ2n) is 11.2. The van der Waals surface area contributed by atoms with Gasteiger partial charge in [-0.3, -0.25) is 9.59 Å². The number of methoxy groups -OCH3 is 1. The number of ether oxygens (including phenoxy) is 1.